The number of esters is 1. The minimum absolute atomic E-state index is 0.150. The molecular weight excluding hydrogens is 420 g/mol. The quantitative estimate of drug-likeness (QED) is 0.661. The third kappa shape index (κ3) is 4.38. The number of nitrogens with two attached hydrogens (primary N) is 1. The molecule has 2 unspecified atom stereocenters. The molecule has 0 radical (unpaired) electrons. The molecule has 3 heterocycles. The van der Waals surface area contributed by atoms with E-state index in [0.29, 0.717) is 5.69 Å². The zero-order valence-electron chi connectivity index (χ0n) is 16.4. The molecule has 9 nitrogen and oxygen atoms in total. The Morgan fingerprint density at radius 2 is 2.03 bits per heavy atom. The number of carbonyl (C=O) groups is 4. The molecule has 3 atom stereocenters. The van der Waals surface area contributed by atoms with Crippen molar-refractivity contribution in [3.63, 3.8) is 0 Å². The summed E-state index contributed by atoms with van der Waals surface area (Å²) in [4.78, 5) is 55.8. The van der Waals surface area contributed by atoms with Crippen molar-refractivity contribution in [1.82, 2.24) is 10.3 Å². The van der Waals surface area contributed by atoms with E-state index >= 15 is 0 Å². The van der Waals surface area contributed by atoms with Crippen LogP contribution in [-0.4, -0.2) is 47.4 Å². The van der Waals surface area contributed by atoms with Crippen molar-refractivity contribution in [2.24, 2.45) is 5.73 Å². The van der Waals surface area contributed by atoms with Crippen LogP contribution < -0.4 is 16.0 Å². The fraction of sp³-hybridized carbons (Fsp3) is 0.286. The lowest BCUT2D eigenvalue weighted by Gasteiger charge is -2.28. The SMILES string of the molecule is NC(=O)CN1C(=O)C(NC(=O)[C@@H]2CCC(=O)O2)C(c2cccnc2)Sc2ccccc21. The summed E-state index contributed by atoms with van der Waals surface area (Å²) >= 11 is 1.38. The van der Waals surface area contributed by atoms with Gasteiger partial charge < -0.3 is 20.7 Å². The molecule has 1 aromatic heterocycles. The van der Waals surface area contributed by atoms with Gasteiger partial charge in [0.25, 0.3) is 11.8 Å². The molecule has 1 saturated heterocycles. The van der Waals surface area contributed by atoms with Gasteiger partial charge in [-0.2, -0.15) is 0 Å². The number of aromatic nitrogens is 1. The summed E-state index contributed by atoms with van der Waals surface area (Å²) in [6.07, 6.45) is 2.70. The Bertz CT molecular complexity index is 1030. The molecular formula is C21H20N4O5S. The summed E-state index contributed by atoms with van der Waals surface area (Å²) < 4.78 is 5.06. The fourth-order valence-corrected chi connectivity index (χ4v) is 4.94. The van der Waals surface area contributed by atoms with Crippen LogP contribution in [0.25, 0.3) is 0 Å². The number of amides is 3. The van der Waals surface area contributed by atoms with Crippen LogP contribution in [0.4, 0.5) is 5.69 Å². The number of pyridine rings is 1. The van der Waals surface area contributed by atoms with Gasteiger partial charge in [0.05, 0.1) is 10.9 Å². The van der Waals surface area contributed by atoms with Crippen LogP contribution in [-0.2, 0) is 23.9 Å². The standard InChI is InChI=1S/C21H20N4O5S/c22-16(26)11-25-13-5-1-2-6-15(13)31-19(12-4-3-9-23-10-12)18(21(25)29)24-20(28)14-7-8-17(27)30-14/h1-6,9-10,14,18-19H,7-8,11H2,(H2,22,26)(H,24,28)/t14-,18?,19?/m0/s1. The third-order valence-electron chi connectivity index (χ3n) is 5.05. The predicted octanol–water partition coefficient (Wildman–Crippen LogP) is 0.937. The minimum Gasteiger partial charge on any atom is -0.452 e. The Kier molecular flexibility index (Phi) is 5.90. The fourth-order valence-electron chi connectivity index (χ4n) is 3.62. The number of para-hydroxylation sites is 1. The van der Waals surface area contributed by atoms with Gasteiger partial charge in [-0.25, -0.2) is 0 Å². The first-order valence-electron chi connectivity index (χ1n) is 9.69. The Morgan fingerprint density at radius 1 is 1.23 bits per heavy atom. The van der Waals surface area contributed by atoms with Gasteiger partial charge in [0.2, 0.25) is 5.91 Å². The van der Waals surface area contributed by atoms with Gasteiger partial charge in [0.1, 0.15) is 12.6 Å². The zero-order valence-corrected chi connectivity index (χ0v) is 17.2. The van der Waals surface area contributed by atoms with Crippen molar-refractivity contribution in [1.29, 1.82) is 0 Å². The first-order valence-corrected chi connectivity index (χ1v) is 10.6. The number of cyclic esters (lactones) is 1. The summed E-state index contributed by atoms with van der Waals surface area (Å²) in [5, 5.41) is 2.22. The van der Waals surface area contributed by atoms with E-state index in [4.69, 9.17) is 10.5 Å². The maximum Gasteiger partial charge on any atom is 0.306 e. The van der Waals surface area contributed by atoms with Crippen molar-refractivity contribution in [3.8, 4) is 0 Å². The number of nitrogens with one attached hydrogen (secondary N) is 1. The van der Waals surface area contributed by atoms with Crippen LogP contribution in [0.15, 0.2) is 53.7 Å². The number of anilines is 1. The number of rotatable bonds is 5. The molecule has 3 N–H and O–H groups in total. The average Bonchev–Trinajstić information content (AvgIpc) is 3.17. The van der Waals surface area contributed by atoms with Gasteiger partial charge in [-0.05, 0) is 23.8 Å². The average molecular weight is 440 g/mol. The number of benzene rings is 1. The molecule has 31 heavy (non-hydrogen) atoms. The summed E-state index contributed by atoms with van der Waals surface area (Å²) in [6.45, 7) is -0.332. The normalized spacial score (nSPS) is 23.0. The smallest absolute Gasteiger partial charge is 0.306 e. The Hall–Kier alpha value is -3.40. The first-order chi connectivity index (χ1) is 14.9. The maximum absolute atomic E-state index is 13.6. The van der Waals surface area contributed by atoms with Crippen molar-refractivity contribution in [2.75, 3.05) is 11.4 Å². The van der Waals surface area contributed by atoms with E-state index in [9.17, 15) is 19.2 Å². The molecule has 160 valence electrons. The number of ether oxygens (including phenoxy) is 1. The minimum atomic E-state index is -1.03. The van der Waals surface area contributed by atoms with Crippen LogP contribution in [0.2, 0.25) is 0 Å². The van der Waals surface area contributed by atoms with Gasteiger partial charge >= 0.3 is 5.97 Å². The molecule has 10 heteroatoms. The van der Waals surface area contributed by atoms with Gasteiger partial charge in [-0.15, -0.1) is 11.8 Å². The number of hydrogen-bond acceptors (Lipinski definition) is 7. The molecule has 0 aliphatic carbocycles. The van der Waals surface area contributed by atoms with E-state index in [1.54, 1.807) is 30.6 Å². The molecule has 1 fully saturated rings. The highest BCUT2D eigenvalue weighted by atomic mass is 32.2. The Morgan fingerprint density at radius 3 is 2.71 bits per heavy atom. The van der Waals surface area contributed by atoms with Crippen LogP contribution in [0, 0.1) is 0 Å². The number of fused-ring (bicyclic) bond motifs is 1. The summed E-state index contributed by atoms with van der Waals surface area (Å²) in [6, 6.07) is 9.69. The lowest BCUT2D eigenvalue weighted by atomic mass is 10.0. The topological polar surface area (TPSA) is 132 Å². The van der Waals surface area contributed by atoms with E-state index in [1.165, 1.54) is 16.7 Å². The highest BCUT2D eigenvalue weighted by Gasteiger charge is 2.42. The lowest BCUT2D eigenvalue weighted by Crippen LogP contribution is -2.54. The van der Waals surface area contributed by atoms with Crippen molar-refractivity contribution < 1.29 is 23.9 Å². The van der Waals surface area contributed by atoms with E-state index < -0.39 is 41.1 Å². The van der Waals surface area contributed by atoms with E-state index in [-0.39, 0.29) is 19.4 Å². The first kappa shape index (κ1) is 20.9. The largest absolute Gasteiger partial charge is 0.452 e. The Balaban J connectivity index is 1.74. The second-order valence-electron chi connectivity index (χ2n) is 7.19. The third-order valence-corrected chi connectivity index (χ3v) is 6.44. The molecule has 0 saturated carbocycles. The van der Waals surface area contributed by atoms with Gasteiger partial charge in [0.15, 0.2) is 6.10 Å². The number of hydrogen-bond donors (Lipinski definition) is 2. The van der Waals surface area contributed by atoms with Crippen LogP contribution in [0.5, 0.6) is 0 Å². The van der Waals surface area contributed by atoms with Gasteiger partial charge in [-0.1, -0.05) is 18.2 Å². The maximum atomic E-state index is 13.6. The summed E-state index contributed by atoms with van der Waals surface area (Å²) in [7, 11) is 0. The van der Waals surface area contributed by atoms with Crippen LogP contribution in [0.1, 0.15) is 23.7 Å². The van der Waals surface area contributed by atoms with E-state index in [2.05, 4.69) is 10.3 Å². The summed E-state index contributed by atoms with van der Waals surface area (Å²) in [5.41, 5.74) is 6.67. The molecule has 4 rings (SSSR count). The molecule has 2 aliphatic heterocycles. The molecule has 2 aromatic rings. The molecule has 3 amide bonds. The van der Waals surface area contributed by atoms with Crippen LogP contribution in [0.3, 0.4) is 0 Å². The summed E-state index contributed by atoms with van der Waals surface area (Å²) in [5.74, 6) is -2.16. The van der Waals surface area contributed by atoms with Gasteiger partial charge in [0, 0.05) is 30.1 Å². The lowest BCUT2D eigenvalue weighted by molar-refractivity contribution is -0.148. The highest BCUT2D eigenvalue weighted by Crippen LogP contribution is 2.45. The zero-order chi connectivity index (χ0) is 22.0. The van der Waals surface area contributed by atoms with Crippen molar-refractivity contribution >= 4 is 41.1 Å². The number of primary amides is 1. The highest BCUT2D eigenvalue weighted by molar-refractivity contribution is 7.99. The van der Waals surface area contributed by atoms with Crippen molar-refractivity contribution in [2.45, 2.75) is 35.1 Å². The number of thioether (sulfide) groups is 1. The molecule has 0 bridgehead atoms. The van der Waals surface area contributed by atoms with Crippen LogP contribution >= 0.6 is 11.8 Å². The second-order valence-corrected chi connectivity index (χ2v) is 8.37. The monoisotopic (exact) mass is 440 g/mol. The molecule has 2 aliphatic rings. The van der Waals surface area contributed by atoms with E-state index in [0.717, 1.165) is 10.5 Å². The van der Waals surface area contributed by atoms with E-state index in [1.807, 2.05) is 18.2 Å². The predicted molar refractivity (Wildman–Crippen MR) is 112 cm³/mol. The Labute approximate surface area is 182 Å². The van der Waals surface area contributed by atoms with Gasteiger partial charge in [-0.3, -0.25) is 24.2 Å². The van der Waals surface area contributed by atoms with Crippen molar-refractivity contribution in [3.05, 3.63) is 54.4 Å². The number of nitrogens with zero attached hydrogens (tertiary/aromatic N) is 2. The number of carbonyl (C=O) groups excluding carboxylic acids is 4. The molecule has 0 spiro atoms. The molecule has 1 aromatic carbocycles. The second kappa shape index (κ2) is 8.76.